The van der Waals surface area contributed by atoms with E-state index < -0.39 is 34.0 Å². The number of aromatic nitrogens is 1. The van der Waals surface area contributed by atoms with Gasteiger partial charge in [0.1, 0.15) is 11.9 Å². The zero-order valence-corrected chi connectivity index (χ0v) is 18.0. The maximum atomic E-state index is 12.3. The second-order valence-electron chi connectivity index (χ2n) is 6.31. The van der Waals surface area contributed by atoms with Crippen molar-refractivity contribution in [2.45, 2.75) is 30.9 Å². The number of sulfonamides is 1. The minimum atomic E-state index is -3.73. The molecule has 2 atom stereocenters. The Morgan fingerprint density at radius 2 is 1.93 bits per heavy atom. The lowest BCUT2D eigenvalue weighted by molar-refractivity contribution is -0.154. The lowest BCUT2D eigenvalue weighted by Crippen LogP contribution is -2.34. The minimum Gasteiger partial charge on any atom is -0.451 e. The van der Waals surface area contributed by atoms with Crippen LogP contribution in [0, 0.1) is 0 Å². The van der Waals surface area contributed by atoms with Gasteiger partial charge >= 0.3 is 5.97 Å². The molecule has 1 aromatic heterocycles. The Kier molecular flexibility index (Phi) is 6.30. The summed E-state index contributed by atoms with van der Waals surface area (Å²) in [5.41, 5.74) is 0.353. The number of halogens is 2. The van der Waals surface area contributed by atoms with E-state index in [0.717, 1.165) is 0 Å². The average molecular weight is 471 g/mol. The van der Waals surface area contributed by atoms with Gasteiger partial charge in [-0.05, 0) is 32.0 Å². The van der Waals surface area contributed by atoms with Crippen molar-refractivity contribution in [2.24, 2.45) is 4.99 Å². The molecule has 2 aromatic rings. The molecule has 12 heteroatoms. The number of ether oxygens (including phenoxy) is 1. The van der Waals surface area contributed by atoms with Gasteiger partial charge in [0.15, 0.2) is 11.9 Å². The number of benzene rings is 1. The molecular weight excluding hydrogens is 455 g/mol. The predicted molar refractivity (Wildman–Crippen MR) is 111 cm³/mol. The van der Waals surface area contributed by atoms with Gasteiger partial charge in [-0.2, -0.15) is 0 Å². The Bertz CT molecular complexity index is 1150. The Labute approximate surface area is 182 Å². The summed E-state index contributed by atoms with van der Waals surface area (Å²) < 4.78 is 31.7. The maximum absolute atomic E-state index is 12.3. The third kappa shape index (κ3) is 4.72. The largest absolute Gasteiger partial charge is 0.451 e. The monoisotopic (exact) mass is 470 g/mol. The topological polar surface area (TPSA) is 127 Å². The summed E-state index contributed by atoms with van der Waals surface area (Å²) in [5.74, 6) is -1.38. The molecule has 1 aromatic carbocycles. The fraction of sp³-hybridized carbons (Fsp3) is 0.222. The van der Waals surface area contributed by atoms with Crippen molar-refractivity contribution in [1.82, 2.24) is 9.71 Å². The molecule has 1 amide bonds. The molecule has 1 unspecified atom stereocenters. The van der Waals surface area contributed by atoms with Gasteiger partial charge in [0.2, 0.25) is 0 Å². The number of esters is 1. The normalized spacial score (nSPS) is 17.5. The first-order chi connectivity index (χ1) is 14.1. The quantitative estimate of drug-likeness (QED) is 0.645. The van der Waals surface area contributed by atoms with Crippen LogP contribution in [0.25, 0.3) is 0 Å². The van der Waals surface area contributed by atoms with E-state index in [1.165, 1.54) is 32.2 Å². The molecule has 30 heavy (non-hydrogen) atoms. The molecule has 1 aliphatic rings. The number of carbonyl (C=O) groups is 2. The van der Waals surface area contributed by atoms with Crippen LogP contribution >= 0.6 is 23.2 Å². The Hall–Kier alpha value is -2.69. The third-order valence-electron chi connectivity index (χ3n) is 4.04. The number of rotatable bonds is 5. The summed E-state index contributed by atoms with van der Waals surface area (Å²) in [7, 11) is -3.73. The zero-order chi connectivity index (χ0) is 22.1. The zero-order valence-electron chi connectivity index (χ0n) is 15.7. The van der Waals surface area contributed by atoms with Gasteiger partial charge in [-0.3, -0.25) is 14.5 Å². The second-order valence-corrected chi connectivity index (χ2v) is 8.80. The van der Waals surface area contributed by atoms with Crippen molar-refractivity contribution in [2.75, 3.05) is 5.32 Å². The molecule has 0 aliphatic carbocycles. The predicted octanol–water partition coefficient (Wildman–Crippen LogP) is 2.39. The molecule has 158 valence electrons. The van der Waals surface area contributed by atoms with E-state index in [1.54, 1.807) is 18.2 Å². The van der Waals surface area contributed by atoms with E-state index in [4.69, 9.17) is 27.9 Å². The number of hydrogen-bond acceptors (Lipinski definition) is 7. The summed E-state index contributed by atoms with van der Waals surface area (Å²) in [4.78, 5) is 32.7. The van der Waals surface area contributed by atoms with Crippen LogP contribution in [0.2, 0.25) is 10.0 Å². The van der Waals surface area contributed by atoms with Gasteiger partial charge in [-0.1, -0.05) is 35.3 Å². The number of hydrogen-bond donors (Lipinski definition) is 2. The van der Waals surface area contributed by atoms with Crippen LogP contribution in [0.15, 0.2) is 46.4 Å². The number of fused-ring (bicyclic) bond motifs is 1. The summed E-state index contributed by atoms with van der Waals surface area (Å²) in [6.07, 6.45) is 0.125. The van der Waals surface area contributed by atoms with E-state index in [9.17, 15) is 18.0 Å². The molecule has 1 aliphatic heterocycles. The van der Waals surface area contributed by atoms with Crippen molar-refractivity contribution < 1.29 is 22.7 Å². The van der Waals surface area contributed by atoms with Gasteiger partial charge < -0.3 is 10.1 Å². The molecular formula is C18H16Cl2N4O5S. The molecule has 9 nitrogen and oxygen atoms in total. The smallest absolute Gasteiger partial charge is 0.331 e. The van der Waals surface area contributed by atoms with Crippen LogP contribution in [0.1, 0.15) is 19.4 Å². The number of aliphatic imine (C=N–C) groups is 1. The lowest BCUT2D eigenvalue weighted by Gasteiger charge is -2.15. The molecule has 0 fully saturated rings. The van der Waals surface area contributed by atoms with Gasteiger partial charge in [-0.25, -0.2) is 18.2 Å². The van der Waals surface area contributed by atoms with E-state index in [0.29, 0.717) is 10.6 Å². The fourth-order valence-electron chi connectivity index (χ4n) is 2.53. The molecule has 0 saturated heterocycles. The molecule has 2 heterocycles. The summed E-state index contributed by atoms with van der Waals surface area (Å²) in [6.45, 7) is 2.79. The van der Waals surface area contributed by atoms with Gasteiger partial charge in [0, 0.05) is 11.8 Å². The average Bonchev–Trinajstić information content (AvgIpc) is 2.94. The van der Waals surface area contributed by atoms with E-state index >= 15 is 0 Å². The lowest BCUT2D eigenvalue weighted by atomic mass is 10.2. The number of nitrogens with zero attached hydrogens (tertiary/aromatic N) is 2. The standard InChI is InChI=1S/C18H16Cl2N4O5S/c1-9(22-15-12-5-3-4-6-14(12)30(27,28)24-15)18(26)29-10(2)17(25)23-16-13(20)7-11(19)8-21-16/h3-10H,1-2H3,(H,22,24)(H,21,23,25)/t9-,10?/m1/s1. The highest BCUT2D eigenvalue weighted by atomic mass is 35.5. The maximum Gasteiger partial charge on any atom is 0.331 e. The number of carbonyl (C=O) groups excluding carboxylic acids is 2. The van der Waals surface area contributed by atoms with Crippen molar-refractivity contribution in [3.8, 4) is 0 Å². The molecule has 2 N–H and O–H groups in total. The highest BCUT2D eigenvalue weighted by molar-refractivity contribution is 7.90. The number of nitrogens with one attached hydrogen (secondary N) is 2. The third-order valence-corrected chi connectivity index (χ3v) is 5.93. The van der Waals surface area contributed by atoms with Crippen LogP contribution in [-0.2, 0) is 24.3 Å². The van der Waals surface area contributed by atoms with Crippen LogP contribution in [0.4, 0.5) is 5.82 Å². The van der Waals surface area contributed by atoms with E-state index in [-0.39, 0.29) is 21.6 Å². The first-order valence-corrected chi connectivity index (χ1v) is 10.8. The van der Waals surface area contributed by atoms with Gasteiger partial charge in [0.05, 0.1) is 14.9 Å². The molecule has 0 radical (unpaired) electrons. The number of anilines is 1. The van der Waals surface area contributed by atoms with E-state index in [2.05, 4.69) is 20.0 Å². The van der Waals surface area contributed by atoms with Crippen LogP contribution in [-0.4, -0.2) is 43.3 Å². The first-order valence-electron chi connectivity index (χ1n) is 8.61. The van der Waals surface area contributed by atoms with Crippen molar-refractivity contribution in [3.63, 3.8) is 0 Å². The van der Waals surface area contributed by atoms with Gasteiger partial charge in [0.25, 0.3) is 15.9 Å². The summed E-state index contributed by atoms with van der Waals surface area (Å²) >= 11 is 11.7. The molecule has 3 rings (SSSR count). The van der Waals surface area contributed by atoms with Crippen molar-refractivity contribution in [3.05, 3.63) is 52.1 Å². The van der Waals surface area contributed by atoms with Crippen molar-refractivity contribution in [1.29, 1.82) is 0 Å². The number of pyridine rings is 1. The van der Waals surface area contributed by atoms with Crippen LogP contribution in [0.5, 0.6) is 0 Å². The van der Waals surface area contributed by atoms with Crippen molar-refractivity contribution >= 4 is 56.8 Å². The summed E-state index contributed by atoms with van der Waals surface area (Å²) in [5, 5.41) is 2.86. The van der Waals surface area contributed by atoms with E-state index in [1.807, 2.05) is 0 Å². The fourth-order valence-corrected chi connectivity index (χ4v) is 4.19. The molecule has 0 spiro atoms. The summed E-state index contributed by atoms with van der Waals surface area (Å²) in [6, 6.07) is 6.58. The first kappa shape index (κ1) is 22.0. The Morgan fingerprint density at radius 3 is 2.63 bits per heavy atom. The second kappa shape index (κ2) is 8.58. The highest BCUT2D eigenvalue weighted by Gasteiger charge is 2.31. The Balaban J connectivity index is 1.67. The van der Waals surface area contributed by atoms with Crippen LogP contribution in [0.3, 0.4) is 0 Å². The number of amides is 1. The Morgan fingerprint density at radius 1 is 1.23 bits per heavy atom. The molecule has 0 bridgehead atoms. The SMILES string of the molecule is CC(OC(=O)[C@@H](C)N=C1NS(=O)(=O)c2ccccc21)C(=O)Nc1ncc(Cl)cc1Cl. The van der Waals surface area contributed by atoms with Gasteiger partial charge in [-0.15, -0.1) is 0 Å². The molecule has 0 saturated carbocycles. The minimum absolute atomic E-state index is 0.0318. The number of amidine groups is 1. The van der Waals surface area contributed by atoms with Crippen LogP contribution < -0.4 is 10.0 Å². The highest BCUT2D eigenvalue weighted by Crippen LogP contribution is 2.24.